The number of ether oxygens (including phenoxy) is 1. The van der Waals surface area contributed by atoms with Crippen LogP contribution in [0.15, 0.2) is 88.8 Å². The Labute approximate surface area is 234 Å². The molecule has 5 heteroatoms. The van der Waals surface area contributed by atoms with Gasteiger partial charge >= 0.3 is 0 Å². The number of nitrogens with zero attached hydrogens (tertiary/aromatic N) is 4. The van der Waals surface area contributed by atoms with Crippen LogP contribution < -0.4 is 4.90 Å². The number of benzene rings is 1. The fraction of sp³-hybridized carbons (Fsp3) is 0.382. The van der Waals surface area contributed by atoms with Gasteiger partial charge in [0.05, 0.1) is 0 Å². The summed E-state index contributed by atoms with van der Waals surface area (Å²) in [7, 11) is 0. The summed E-state index contributed by atoms with van der Waals surface area (Å²) in [5.41, 5.74) is 3.59. The molecule has 0 radical (unpaired) electrons. The number of anilines is 1. The molecule has 0 fully saturated rings. The maximum absolute atomic E-state index is 9.71. The number of rotatable bonds is 11. The molecule has 0 saturated heterocycles. The van der Waals surface area contributed by atoms with Gasteiger partial charge in [0.1, 0.15) is 29.4 Å². The zero-order valence-corrected chi connectivity index (χ0v) is 23.6. The molecule has 5 nitrogen and oxygen atoms in total. The van der Waals surface area contributed by atoms with E-state index in [0.29, 0.717) is 5.57 Å². The first-order chi connectivity index (χ1) is 18.9. The quantitative estimate of drug-likeness (QED) is 0.276. The molecule has 0 bridgehead atoms. The number of hydrogen-bond acceptors (Lipinski definition) is 5. The van der Waals surface area contributed by atoms with Gasteiger partial charge in [0, 0.05) is 24.4 Å². The Morgan fingerprint density at radius 1 is 1.00 bits per heavy atom. The molecule has 200 valence electrons. The summed E-state index contributed by atoms with van der Waals surface area (Å²) >= 11 is 0. The lowest BCUT2D eigenvalue weighted by atomic mass is 9.91. The molecule has 1 unspecified atom stereocenters. The van der Waals surface area contributed by atoms with E-state index in [1.165, 1.54) is 36.9 Å². The van der Waals surface area contributed by atoms with E-state index in [0.717, 1.165) is 25.1 Å². The highest BCUT2D eigenvalue weighted by molar-refractivity contribution is 5.61. The summed E-state index contributed by atoms with van der Waals surface area (Å²) in [6.45, 7) is 10.4. The lowest BCUT2D eigenvalue weighted by Gasteiger charge is -2.24. The van der Waals surface area contributed by atoms with Crippen molar-refractivity contribution in [1.29, 1.82) is 15.8 Å². The van der Waals surface area contributed by atoms with Crippen LogP contribution >= 0.6 is 0 Å². The molecule has 1 aromatic rings. The summed E-state index contributed by atoms with van der Waals surface area (Å²) in [4.78, 5) is 2.50. The molecular weight excluding hydrogens is 480 g/mol. The van der Waals surface area contributed by atoms with Gasteiger partial charge in [-0.3, -0.25) is 0 Å². The molecule has 39 heavy (non-hydrogen) atoms. The topological polar surface area (TPSA) is 83.8 Å². The summed E-state index contributed by atoms with van der Waals surface area (Å²) < 4.78 is 5.84. The Hall–Kier alpha value is -4.27. The Kier molecular flexibility index (Phi) is 10.5. The third-order valence-electron chi connectivity index (χ3n) is 7.03. The zero-order valence-electron chi connectivity index (χ0n) is 23.6. The van der Waals surface area contributed by atoms with Crippen molar-refractivity contribution in [3.05, 3.63) is 94.3 Å². The van der Waals surface area contributed by atoms with Gasteiger partial charge in [-0.25, -0.2) is 0 Å². The number of hydrogen-bond donors (Lipinski definition) is 0. The van der Waals surface area contributed by atoms with Gasteiger partial charge < -0.3 is 9.64 Å². The van der Waals surface area contributed by atoms with E-state index in [4.69, 9.17) is 4.74 Å². The standard InChI is InChI=1S/C34H38N4O/c1-5-7-21-38(22-8-6-2)30-18-15-28(16-19-30)14-11-26-9-12-27(13-10-26)17-20-32-31(25-37)33(29(23-35)24-36)39-34(32,3)4/h9-12,14-20,27H,5-8,13,21-22H2,1-4H3/b14-11+,20-17+. The van der Waals surface area contributed by atoms with E-state index in [2.05, 4.69) is 79.5 Å². The van der Waals surface area contributed by atoms with Gasteiger partial charge in [-0.05, 0) is 62.3 Å². The van der Waals surface area contributed by atoms with Crippen molar-refractivity contribution in [3.8, 4) is 18.2 Å². The second-order valence-corrected chi connectivity index (χ2v) is 10.4. The van der Waals surface area contributed by atoms with E-state index in [1.54, 1.807) is 0 Å². The van der Waals surface area contributed by atoms with E-state index in [1.807, 2.05) is 38.1 Å². The smallest absolute Gasteiger partial charge is 0.172 e. The summed E-state index contributed by atoms with van der Waals surface area (Å²) in [6.07, 6.45) is 20.4. The molecule has 1 aromatic carbocycles. The minimum Gasteiger partial charge on any atom is -0.480 e. The highest BCUT2D eigenvalue weighted by atomic mass is 16.5. The van der Waals surface area contributed by atoms with Crippen LogP contribution in [0.4, 0.5) is 5.69 Å². The lowest BCUT2D eigenvalue weighted by molar-refractivity contribution is 0.0953. The van der Waals surface area contributed by atoms with Crippen LogP contribution in [0.3, 0.4) is 0 Å². The third kappa shape index (κ3) is 7.63. The predicted molar refractivity (Wildman–Crippen MR) is 158 cm³/mol. The van der Waals surface area contributed by atoms with E-state index in [-0.39, 0.29) is 22.8 Å². The van der Waals surface area contributed by atoms with Gasteiger partial charge in [0.15, 0.2) is 11.3 Å². The maximum atomic E-state index is 9.71. The minimum atomic E-state index is -0.795. The number of unbranched alkanes of at least 4 members (excludes halogenated alkanes) is 2. The molecule has 1 atom stereocenters. The highest BCUT2D eigenvalue weighted by Crippen LogP contribution is 2.40. The molecule has 2 aliphatic rings. The Morgan fingerprint density at radius 3 is 2.21 bits per heavy atom. The average molecular weight is 519 g/mol. The van der Waals surface area contributed by atoms with E-state index in [9.17, 15) is 15.8 Å². The SMILES string of the molecule is CCCCN(CCCC)c1ccc(/C=C/C2=CCC(/C=C/C3=C(C#N)C(=C(C#N)C#N)OC3(C)C)C=C2)cc1. The molecule has 0 amide bonds. The van der Waals surface area contributed by atoms with Crippen LogP contribution in [0, 0.1) is 39.9 Å². The van der Waals surface area contributed by atoms with Gasteiger partial charge in [0.25, 0.3) is 0 Å². The third-order valence-corrected chi connectivity index (χ3v) is 7.03. The number of nitriles is 3. The second-order valence-electron chi connectivity index (χ2n) is 10.4. The lowest BCUT2D eigenvalue weighted by Crippen LogP contribution is -2.25. The monoisotopic (exact) mass is 518 g/mol. The molecule has 0 spiro atoms. The van der Waals surface area contributed by atoms with Gasteiger partial charge in [0.2, 0.25) is 0 Å². The fourth-order valence-corrected chi connectivity index (χ4v) is 4.68. The van der Waals surface area contributed by atoms with Crippen molar-refractivity contribution >= 4 is 11.8 Å². The van der Waals surface area contributed by atoms with Crippen LogP contribution in [-0.2, 0) is 4.74 Å². The first-order valence-electron chi connectivity index (χ1n) is 13.8. The van der Waals surface area contributed by atoms with Gasteiger partial charge in [-0.15, -0.1) is 0 Å². The summed E-state index contributed by atoms with van der Waals surface area (Å²) in [6, 6.07) is 14.6. The predicted octanol–water partition coefficient (Wildman–Crippen LogP) is 8.10. The van der Waals surface area contributed by atoms with Crippen molar-refractivity contribution in [3.63, 3.8) is 0 Å². The van der Waals surface area contributed by atoms with Crippen molar-refractivity contribution in [2.75, 3.05) is 18.0 Å². The first kappa shape index (κ1) is 29.3. The average Bonchev–Trinajstić information content (AvgIpc) is 3.21. The largest absolute Gasteiger partial charge is 0.480 e. The van der Waals surface area contributed by atoms with Crippen LogP contribution in [0.1, 0.15) is 65.4 Å². The van der Waals surface area contributed by atoms with E-state index < -0.39 is 5.60 Å². The molecule has 1 heterocycles. The van der Waals surface area contributed by atoms with Gasteiger partial charge in [-0.1, -0.05) is 81.4 Å². The second kappa shape index (κ2) is 14.0. The van der Waals surface area contributed by atoms with Crippen molar-refractivity contribution in [1.82, 2.24) is 0 Å². The molecule has 0 N–H and O–H groups in total. The molecule has 1 aliphatic heterocycles. The normalized spacial score (nSPS) is 18.0. The minimum absolute atomic E-state index is 0.0707. The highest BCUT2D eigenvalue weighted by Gasteiger charge is 2.38. The maximum Gasteiger partial charge on any atom is 0.172 e. The van der Waals surface area contributed by atoms with Crippen molar-refractivity contribution in [2.45, 2.75) is 65.4 Å². The van der Waals surface area contributed by atoms with Crippen LogP contribution in [0.25, 0.3) is 6.08 Å². The first-order valence-corrected chi connectivity index (χ1v) is 13.8. The molecule has 3 rings (SSSR count). The van der Waals surface area contributed by atoms with E-state index >= 15 is 0 Å². The summed E-state index contributed by atoms with van der Waals surface area (Å²) in [5.74, 6) is 0.252. The van der Waals surface area contributed by atoms with Crippen LogP contribution in [0.2, 0.25) is 0 Å². The molecular formula is C34H38N4O. The Morgan fingerprint density at radius 2 is 1.67 bits per heavy atom. The Bertz CT molecular complexity index is 1310. The fourth-order valence-electron chi connectivity index (χ4n) is 4.68. The molecule has 0 saturated carbocycles. The van der Waals surface area contributed by atoms with Gasteiger partial charge in [-0.2, -0.15) is 15.8 Å². The number of allylic oxidation sites excluding steroid dienone is 8. The molecule has 0 aromatic heterocycles. The van der Waals surface area contributed by atoms with Crippen LogP contribution in [-0.4, -0.2) is 18.7 Å². The Balaban J connectivity index is 1.65. The van der Waals surface area contributed by atoms with Crippen molar-refractivity contribution < 1.29 is 4.74 Å². The zero-order chi connectivity index (χ0) is 28.3. The van der Waals surface area contributed by atoms with Crippen molar-refractivity contribution in [2.24, 2.45) is 5.92 Å². The summed E-state index contributed by atoms with van der Waals surface area (Å²) in [5, 5.41) is 28.2. The van der Waals surface area contributed by atoms with Crippen LogP contribution in [0.5, 0.6) is 0 Å². The molecule has 1 aliphatic carbocycles.